The Labute approximate surface area is 88.1 Å². The van der Waals surface area contributed by atoms with Crippen molar-refractivity contribution in [3.05, 3.63) is 0 Å². The van der Waals surface area contributed by atoms with Gasteiger partial charge in [0.1, 0.15) is 11.7 Å². The number of aliphatic hydroxyl groups excluding tert-OH is 4. The smallest absolute Gasteiger partial charge is 0.163 e. The van der Waals surface area contributed by atoms with Crippen LogP contribution in [0, 0.1) is 5.92 Å². The molecule has 0 aliphatic carbocycles. The van der Waals surface area contributed by atoms with Crippen molar-refractivity contribution in [3.63, 3.8) is 0 Å². The van der Waals surface area contributed by atoms with Crippen molar-refractivity contribution < 1.29 is 29.9 Å². The van der Waals surface area contributed by atoms with Crippen LogP contribution in [-0.2, 0) is 9.47 Å². The molecule has 0 aromatic carbocycles. The first-order chi connectivity index (χ1) is 7.02. The molecule has 1 heterocycles. The molecule has 4 N–H and O–H groups in total. The lowest BCUT2D eigenvalue weighted by Gasteiger charge is -2.47. The highest BCUT2D eigenvalue weighted by molar-refractivity contribution is 4.98. The maximum atomic E-state index is 9.72. The number of methoxy groups -OCH3 is 1. The molecule has 1 fully saturated rings. The maximum Gasteiger partial charge on any atom is 0.163 e. The number of hydrogen-bond donors (Lipinski definition) is 4. The summed E-state index contributed by atoms with van der Waals surface area (Å²) < 4.78 is 10.2. The molecule has 4 atom stereocenters. The molecule has 0 amide bonds. The average molecular weight is 222 g/mol. The molecule has 0 bridgehead atoms. The Balaban J connectivity index is 2.91. The fourth-order valence-corrected chi connectivity index (χ4v) is 1.74. The third-order valence-corrected chi connectivity index (χ3v) is 2.95. The second kappa shape index (κ2) is 4.73. The maximum absolute atomic E-state index is 9.72. The van der Waals surface area contributed by atoms with Crippen molar-refractivity contribution in [2.75, 3.05) is 20.3 Å². The van der Waals surface area contributed by atoms with Crippen LogP contribution in [0.25, 0.3) is 0 Å². The molecule has 0 radical (unpaired) electrons. The zero-order chi connectivity index (χ0) is 11.6. The van der Waals surface area contributed by atoms with Gasteiger partial charge in [0.05, 0.1) is 19.3 Å². The van der Waals surface area contributed by atoms with Crippen molar-refractivity contribution in [3.8, 4) is 0 Å². The molecule has 0 aromatic heterocycles. The fourth-order valence-electron chi connectivity index (χ4n) is 1.74. The summed E-state index contributed by atoms with van der Waals surface area (Å²) in [7, 11) is 1.39. The van der Waals surface area contributed by atoms with E-state index in [2.05, 4.69) is 0 Å². The minimum atomic E-state index is -1.56. The van der Waals surface area contributed by atoms with Crippen molar-refractivity contribution in [2.45, 2.75) is 31.0 Å². The van der Waals surface area contributed by atoms with Crippen molar-refractivity contribution in [1.82, 2.24) is 0 Å². The van der Waals surface area contributed by atoms with Crippen LogP contribution in [0.3, 0.4) is 0 Å². The van der Waals surface area contributed by atoms with Gasteiger partial charge < -0.3 is 29.9 Å². The largest absolute Gasteiger partial charge is 0.393 e. The van der Waals surface area contributed by atoms with E-state index >= 15 is 0 Å². The summed E-state index contributed by atoms with van der Waals surface area (Å²) in [5.74, 6) is -0.434. The van der Waals surface area contributed by atoms with Crippen molar-refractivity contribution >= 4 is 0 Å². The third kappa shape index (κ3) is 2.01. The van der Waals surface area contributed by atoms with Crippen molar-refractivity contribution in [2.24, 2.45) is 5.92 Å². The third-order valence-electron chi connectivity index (χ3n) is 2.95. The lowest BCUT2D eigenvalue weighted by molar-refractivity contribution is -0.325. The second-order valence-electron chi connectivity index (χ2n) is 3.90. The van der Waals surface area contributed by atoms with Crippen LogP contribution in [0.15, 0.2) is 0 Å². The average Bonchev–Trinajstić information content (AvgIpc) is 2.27. The first kappa shape index (κ1) is 12.8. The van der Waals surface area contributed by atoms with Crippen LogP contribution in [0.5, 0.6) is 0 Å². The van der Waals surface area contributed by atoms with E-state index in [0.29, 0.717) is 0 Å². The lowest BCUT2D eigenvalue weighted by Crippen LogP contribution is -2.65. The van der Waals surface area contributed by atoms with Gasteiger partial charge in [-0.2, -0.15) is 0 Å². The first-order valence-corrected chi connectivity index (χ1v) is 4.81. The summed E-state index contributed by atoms with van der Waals surface area (Å²) in [5, 5.41) is 37.7. The Kier molecular flexibility index (Phi) is 4.05. The number of hydrogen-bond acceptors (Lipinski definition) is 6. The summed E-state index contributed by atoms with van der Waals surface area (Å²) in [4.78, 5) is 0. The van der Waals surface area contributed by atoms with Crippen molar-refractivity contribution in [1.29, 1.82) is 0 Å². The van der Waals surface area contributed by atoms with E-state index in [0.717, 1.165) is 0 Å². The molecule has 1 aliphatic heterocycles. The van der Waals surface area contributed by atoms with Crippen LogP contribution in [0.4, 0.5) is 0 Å². The molecule has 0 aromatic rings. The predicted octanol–water partition coefficient (Wildman–Crippen LogP) is -1.93. The summed E-state index contributed by atoms with van der Waals surface area (Å²) in [6.07, 6.45) is -3.21. The van der Waals surface area contributed by atoms with Gasteiger partial charge in [0, 0.05) is 13.0 Å². The Morgan fingerprint density at radius 3 is 2.20 bits per heavy atom. The molecular weight excluding hydrogens is 204 g/mol. The van der Waals surface area contributed by atoms with E-state index in [9.17, 15) is 10.2 Å². The van der Waals surface area contributed by atoms with Gasteiger partial charge in [0.25, 0.3) is 0 Å². The molecule has 0 saturated carbocycles. The lowest BCUT2D eigenvalue weighted by atomic mass is 9.84. The summed E-state index contributed by atoms with van der Waals surface area (Å²) in [6, 6.07) is 0. The molecule has 90 valence electrons. The Morgan fingerprint density at radius 1 is 1.27 bits per heavy atom. The van der Waals surface area contributed by atoms with Gasteiger partial charge in [-0.05, 0) is 0 Å². The van der Waals surface area contributed by atoms with Crippen LogP contribution in [-0.4, -0.2) is 64.8 Å². The van der Waals surface area contributed by atoms with Crippen LogP contribution in [0.2, 0.25) is 0 Å². The molecule has 1 saturated heterocycles. The topological polar surface area (TPSA) is 99.4 Å². The monoisotopic (exact) mass is 222 g/mol. The highest BCUT2D eigenvalue weighted by Gasteiger charge is 2.52. The van der Waals surface area contributed by atoms with Crippen LogP contribution >= 0.6 is 0 Å². The minimum Gasteiger partial charge on any atom is -0.393 e. The summed E-state index contributed by atoms with van der Waals surface area (Å²) >= 11 is 0. The summed E-state index contributed by atoms with van der Waals surface area (Å²) in [6.45, 7) is 0.476. The Bertz CT molecular complexity index is 203. The quantitative estimate of drug-likeness (QED) is 0.444. The van der Waals surface area contributed by atoms with E-state index < -0.39 is 43.2 Å². The van der Waals surface area contributed by atoms with Crippen LogP contribution in [0.1, 0.15) is 6.92 Å². The van der Waals surface area contributed by atoms with E-state index in [1.54, 1.807) is 6.92 Å². The Hall–Kier alpha value is -0.240. The minimum absolute atomic E-state index is 0.434. The second-order valence-corrected chi connectivity index (χ2v) is 3.90. The summed E-state index contributed by atoms with van der Waals surface area (Å²) in [5.41, 5.74) is -1.56. The van der Waals surface area contributed by atoms with Gasteiger partial charge in [-0.1, -0.05) is 6.92 Å². The SMILES string of the molecule is CO[C@@H]1OC(CO)(CO)[C@H](O)[C@H](O)[C@H]1C. The van der Waals surface area contributed by atoms with E-state index in [-0.39, 0.29) is 0 Å². The predicted molar refractivity (Wildman–Crippen MR) is 50.0 cm³/mol. The van der Waals surface area contributed by atoms with E-state index in [1.807, 2.05) is 0 Å². The van der Waals surface area contributed by atoms with Gasteiger partial charge in [-0.15, -0.1) is 0 Å². The van der Waals surface area contributed by atoms with Gasteiger partial charge >= 0.3 is 0 Å². The number of aliphatic hydroxyl groups is 4. The molecule has 1 rings (SSSR count). The molecule has 0 unspecified atom stereocenters. The highest BCUT2D eigenvalue weighted by Crippen LogP contribution is 2.33. The molecule has 15 heavy (non-hydrogen) atoms. The molecule has 1 aliphatic rings. The molecule has 0 spiro atoms. The number of ether oxygens (including phenoxy) is 2. The van der Waals surface area contributed by atoms with Gasteiger partial charge in [0.2, 0.25) is 0 Å². The van der Waals surface area contributed by atoms with E-state index in [1.165, 1.54) is 7.11 Å². The molecule has 6 nitrogen and oxygen atoms in total. The van der Waals surface area contributed by atoms with Gasteiger partial charge in [-0.25, -0.2) is 0 Å². The van der Waals surface area contributed by atoms with Gasteiger partial charge in [0.15, 0.2) is 6.29 Å². The molecular formula is C9H18O6. The normalized spacial score (nSPS) is 40.4. The fraction of sp³-hybridized carbons (Fsp3) is 1.00. The zero-order valence-corrected chi connectivity index (χ0v) is 8.83. The van der Waals surface area contributed by atoms with E-state index in [4.69, 9.17) is 19.7 Å². The highest BCUT2D eigenvalue weighted by atomic mass is 16.7. The van der Waals surface area contributed by atoms with Gasteiger partial charge in [-0.3, -0.25) is 0 Å². The zero-order valence-electron chi connectivity index (χ0n) is 8.83. The molecule has 6 heteroatoms. The number of rotatable bonds is 3. The Morgan fingerprint density at radius 2 is 1.80 bits per heavy atom. The first-order valence-electron chi connectivity index (χ1n) is 4.81. The standard InChI is InChI=1S/C9H18O6/c1-5-6(12)7(13)9(3-10,4-11)15-8(5)14-2/h5-8,10-13H,3-4H2,1-2H3/t5-,6-,7-,8-/m1/s1. The van der Waals surface area contributed by atoms with Crippen LogP contribution < -0.4 is 0 Å².